The molecule has 0 saturated heterocycles. The summed E-state index contributed by atoms with van der Waals surface area (Å²) >= 11 is 0. The molecule has 0 fully saturated rings. The minimum atomic E-state index is -3.54. The maximum atomic E-state index is 12.1. The van der Waals surface area contributed by atoms with Gasteiger partial charge in [-0.05, 0) is 37.1 Å². The van der Waals surface area contributed by atoms with Crippen molar-refractivity contribution < 1.29 is 12.6 Å². The number of sulfonamides is 1. The van der Waals surface area contributed by atoms with Gasteiger partial charge in [-0.1, -0.05) is 11.8 Å². The predicted molar refractivity (Wildman–Crippen MR) is 85.9 cm³/mol. The fourth-order valence-electron chi connectivity index (χ4n) is 1.66. The van der Waals surface area contributed by atoms with Crippen LogP contribution in [0.25, 0.3) is 0 Å². The molecule has 0 amide bonds. The Bertz CT molecular complexity index is 673. The van der Waals surface area contributed by atoms with Gasteiger partial charge in [-0.25, -0.2) is 13.1 Å². The summed E-state index contributed by atoms with van der Waals surface area (Å²) in [6, 6.07) is 4.78. The molecular weight excluding hydrogens is 308 g/mol. The molecule has 0 radical (unpaired) electrons. The molecule has 0 saturated carbocycles. The Morgan fingerprint density at radius 2 is 2.10 bits per heavy atom. The van der Waals surface area contributed by atoms with Gasteiger partial charge < -0.3 is 5.73 Å². The summed E-state index contributed by atoms with van der Waals surface area (Å²) in [5, 5.41) is 0. The van der Waals surface area contributed by atoms with Crippen molar-refractivity contribution in [1.29, 1.82) is 0 Å². The van der Waals surface area contributed by atoms with Crippen LogP contribution in [0, 0.1) is 18.8 Å². The normalized spacial score (nSPS) is 12.5. The van der Waals surface area contributed by atoms with E-state index in [1.54, 1.807) is 25.3 Å². The van der Waals surface area contributed by atoms with Crippen LogP contribution >= 0.6 is 0 Å². The van der Waals surface area contributed by atoms with Crippen LogP contribution in [0.3, 0.4) is 0 Å². The minimum absolute atomic E-state index is 0.205. The van der Waals surface area contributed by atoms with Gasteiger partial charge in [-0.3, -0.25) is 4.21 Å². The van der Waals surface area contributed by atoms with E-state index in [1.165, 1.54) is 6.07 Å². The lowest BCUT2D eigenvalue weighted by atomic mass is 10.1. The lowest BCUT2D eigenvalue weighted by Crippen LogP contribution is -2.25. The van der Waals surface area contributed by atoms with E-state index >= 15 is 0 Å². The third-order valence-corrected chi connectivity index (χ3v) is 5.06. The SMILES string of the molecule is Cc1cc(S(=O)(=O)NCCCS(C)=O)ccc1C#CCN. The molecule has 5 nitrogen and oxygen atoms in total. The van der Waals surface area contributed by atoms with E-state index in [9.17, 15) is 12.6 Å². The summed E-state index contributed by atoms with van der Waals surface area (Å²) in [5.41, 5.74) is 6.86. The highest BCUT2D eigenvalue weighted by molar-refractivity contribution is 7.89. The van der Waals surface area contributed by atoms with E-state index in [1.807, 2.05) is 0 Å². The number of hydrogen-bond donors (Lipinski definition) is 2. The van der Waals surface area contributed by atoms with Crippen LogP contribution < -0.4 is 10.5 Å². The highest BCUT2D eigenvalue weighted by Crippen LogP contribution is 2.14. The number of nitrogens with one attached hydrogen (secondary N) is 1. The van der Waals surface area contributed by atoms with Gasteiger partial charge in [0.1, 0.15) is 0 Å². The predicted octanol–water partition coefficient (Wildman–Crippen LogP) is 0.352. The van der Waals surface area contributed by atoms with Crippen LogP contribution in [0.1, 0.15) is 17.5 Å². The largest absolute Gasteiger partial charge is 0.320 e. The Morgan fingerprint density at radius 1 is 1.38 bits per heavy atom. The second kappa shape index (κ2) is 8.29. The van der Waals surface area contributed by atoms with Gasteiger partial charge in [0, 0.05) is 34.9 Å². The quantitative estimate of drug-likeness (QED) is 0.582. The molecule has 3 N–H and O–H groups in total. The number of nitrogens with two attached hydrogens (primary N) is 1. The van der Waals surface area contributed by atoms with E-state index in [2.05, 4.69) is 16.6 Å². The molecular formula is C14H20N2O3S2. The first-order chi connectivity index (χ1) is 9.86. The summed E-state index contributed by atoms with van der Waals surface area (Å²) in [6.07, 6.45) is 2.14. The monoisotopic (exact) mass is 328 g/mol. The lowest BCUT2D eigenvalue weighted by molar-refractivity contribution is 0.580. The zero-order valence-corrected chi connectivity index (χ0v) is 13.8. The van der Waals surface area contributed by atoms with Crippen molar-refractivity contribution in [1.82, 2.24) is 4.72 Å². The molecule has 116 valence electrons. The van der Waals surface area contributed by atoms with Gasteiger partial charge in [-0.15, -0.1) is 0 Å². The van der Waals surface area contributed by atoms with E-state index < -0.39 is 20.8 Å². The van der Waals surface area contributed by atoms with Crippen molar-refractivity contribution in [3.63, 3.8) is 0 Å². The van der Waals surface area contributed by atoms with Crippen LogP contribution in [0.15, 0.2) is 23.1 Å². The smallest absolute Gasteiger partial charge is 0.240 e. The molecule has 0 aliphatic carbocycles. The average molecular weight is 328 g/mol. The van der Waals surface area contributed by atoms with Crippen molar-refractivity contribution in [3.8, 4) is 11.8 Å². The third-order valence-electron chi connectivity index (χ3n) is 2.73. The molecule has 1 atom stereocenters. The van der Waals surface area contributed by atoms with Gasteiger partial charge in [0.05, 0.1) is 11.4 Å². The molecule has 0 bridgehead atoms. The van der Waals surface area contributed by atoms with Crippen LogP contribution in [0.2, 0.25) is 0 Å². The molecule has 1 aromatic carbocycles. The first kappa shape index (κ1) is 17.9. The third kappa shape index (κ3) is 5.98. The van der Waals surface area contributed by atoms with Gasteiger partial charge in [0.2, 0.25) is 10.0 Å². The Balaban J connectivity index is 2.79. The summed E-state index contributed by atoms with van der Waals surface area (Å²) in [4.78, 5) is 0.205. The van der Waals surface area contributed by atoms with Crippen molar-refractivity contribution in [2.24, 2.45) is 5.73 Å². The van der Waals surface area contributed by atoms with Crippen molar-refractivity contribution in [2.75, 3.05) is 25.1 Å². The minimum Gasteiger partial charge on any atom is -0.320 e. The second-order valence-corrected chi connectivity index (χ2v) is 7.83. The molecule has 1 aromatic rings. The summed E-state index contributed by atoms with van der Waals surface area (Å²) in [5.74, 6) is 6.11. The first-order valence-corrected chi connectivity index (χ1v) is 9.67. The fraction of sp³-hybridized carbons (Fsp3) is 0.429. The van der Waals surface area contributed by atoms with E-state index in [0.717, 1.165) is 11.1 Å². The van der Waals surface area contributed by atoms with Crippen LogP contribution in [-0.2, 0) is 20.8 Å². The molecule has 1 rings (SSSR count). The number of hydrogen-bond acceptors (Lipinski definition) is 4. The van der Waals surface area contributed by atoms with Gasteiger partial charge in [0.25, 0.3) is 0 Å². The molecule has 1 unspecified atom stereocenters. The van der Waals surface area contributed by atoms with Crippen molar-refractivity contribution in [3.05, 3.63) is 29.3 Å². The summed E-state index contributed by atoms with van der Waals surface area (Å²) in [7, 11) is -4.45. The van der Waals surface area contributed by atoms with Gasteiger partial charge in [0.15, 0.2) is 0 Å². The molecule has 0 aromatic heterocycles. The van der Waals surface area contributed by atoms with Gasteiger partial charge in [-0.2, -0.15) is 0 Å². The highest BCUT2D eigenvalue weighted by Gasteiger charge is 2.14. The van der Waals surface area contributed by atoms with E-state index in [4.69, 9.17) is 5.73 Å². The average Bonchev–Trinajstić information content (AvgIpc) is 2.42. The number of benzene rings is 1. The Kier molecular flexibility index (Phi) is 7.05. The van der Waals surface area contributed by atoms with Crippen LogP contribution in [0.5, 0.6) is 0 Å². The summed E-state index contributed by atoms with van der Waals surface area (Å²) < 4.78 is 37.6. The van der Waals surface area contributed by atoms with Gasteiger partial charge >= 0.3 is 0 Å². The van der Waals surface area contributed by atoms with Crippen molar-refractivity contribution >= 4 is 20.8 Å². The Hall–Kier alpha value is -1.20. The molecule has 21 heavy (non-hydrogen) atoms. The first-order valence-electron chi connectivity index (χ1n) is 6.46. The molecule has 0 heterocycles. The molecule has 0 aliphatic rings. The summed E-state index contributed by atoms with van der Waals surface area (Å²) in [6.45, 7) is 2.34. The Morgan fingerprint density at radius 3 is 2.67 bits per heavy atom. The zero-order valence-electron chi connectivity index (χ0n) is 12.2. The fourth-order valence-corrected chi connectivity index (χ4v) is 3.36. The molecule has 0 aliphatic heterocycles. The number of aryl methyl sites for hydroxylation is 1. The second-order valence-electron chi connectivity index (χ2n) is 4.51. The van der Waals surface area contributed by atoms with Crippen molar-refractivity contribution in [2.45, 2.75) is 18.2 Å². The van der Waals surface area contributed by atoms with Crippen LogP contribution in [-0.4, -0.2) is 37.7 Å². The lowest BCUT2D eigenvalue weighted by Gasteiger charge is -2.08. The molecule has 0 spiro atoms. The maximum absolute atomic E-state index is 12.1. The zero-order chi connectivity index (χ0) is 15.9. The Labute approximate surface area is 128 Å². The maximum Gasteiger partial charge on any atom is 0.240 e. The topological polar surface area (TPSA) is 89.3 Å². The number of rotatable bonds is 6. The van der Waals surface area contributed by atoms with E-state index in [-0.39, 0.29) is 18.0 Å². The van der Waals surface area contributed by atoms with Crippen LogP contribution in [0.4, 0.5) is 0 Å². The standard InChI is InChI=1S/C14H20N2O3S2/c1-12-11-14(7-6-13(12)5-3-8-15)21(18,19)16-9-4-10-20(2)17/h6-7,11,16H,4,8-10,15H2,1-2H3. The van der Waals surface area contributed by atoms with E-state index in [0.29, 0.717) is 12.2 Å². The molecule has 7 heteroatoms. The highest BCUT2D eigenvalue weighted by atomic mass is 32.2.